The topological polar surface area (TPSA) is 158 Å². The Morgan fingerprint density at radius 3 is 1.16 bits per heavy atom. The molecule has 0 unspecified atom stereocenters. The van der Waals surface area contributed by atoms with Crippen molar-refractivity contribution in [1.82, 2.24) is 20.9 Å². The number of ether oxygens (including phenoxy) is 2. The van der Waals surface area contributed by atoms with E-state index in [0.717, 1.165) is 12.2 Å². The zero-order chi connectivity index (χ0) is 27.5. The van der Waals surface area contributed by atoms with Crippen LogP contribution in [0.3, 0.4) is 0 Å². The van der Waals surface area contributed by atoms with Crippen LogP contribution in [0.4, 0.5) is 0 Å². The quantitative estimate of drug-likeness (QED) is 0.266. The number of nitrogens with one attached hydrogen (secondary N) is 2. The van der Waals surface area contributed by atoms with Crippen molar-refractivity contribution < 1.29 is 55.6 Å². The van der Waals surface area contributed by atoms with Crippen molar-refractivity contribution in [2.45, 2.75) is 41.5 Å². The molecule has 4 N–H and O–H groups in total. The van der Waals surface area contributed by atoms with Crippen LogP contribution in [0.2, 0.25) is 0 Å². The minimum atomic E-state index is -0.672. The van der Waals surface area contributed by atoms with E-state index in [0.29, 0.717) is 52.6 Å². The van der Waals surface area contributed by atoms with Crippen LogP contribution < -0.4 is 10.9 Å². The molecule has 213 valence electrons. The molecule has 0 aromatic carbocycles. The summed E-state index contributed by atoms with van der Waals surface area (Å²) in [7, 11) is 0. The summed E-state index contributed by atoms with van der Waals surface area (Å²) < 4.78 is 10.3. The molecule has 0 aromatic rings. The van der Waals surface area contributed by atoms with Gasteiger partial charge in [0.15, 0.2) is 23.1 Å². The molecule has 0 aromatic heterocycles. The van der Waals surface area contributed by atoms with Crippen LogP contribution >= 0.6 is 0 Å². The number of hydrogen-bond donors (Lipinski definition) is 4. The van der Waals surface area contributed by atoms with Crippen LogP contribution in [-0.2, 0) is 45.4 Å². The van der Waals surface area contributed by atoms with E-state index in [-0.39, 0.29) is 28.3 Å². The number of ketones is 2. The van der Waals surface area contributed by atoms with Gasteiger partial charge in [0.05, 0.1) is 26.4 Å². The molecular weight excluding hydrogens is 531 g/mol. The largest absolute Gasteiger partial charge is 0.503 e. The Morgan fingerprint density at radius 1 is 0.649 bits per heavy atom. The van der Waals surface area contributed by atoms with Gasteiger partial charge in [-0.25, -0.2) is 10.0 Å². The number of aliphatic hydroxyl groups is 2. The Labute approximate surface area is 228 Å². The van der Waals surface area contributed by atoms with Gasteiger partial charge in [-0.1, -0.05) is 41.5 Å². The Hall–Kier alpha value is -2.29. The molecule has 13 heteroatoms. The van der Waals surface area contributed by atoms with Gasteiger partial charge in [-0.05, 0) is 0 Å². The van der Waals surface area contributed by atoms with E-state index in [9.17, 15) is 29.4 Å². The van der Waals surface area contributed by atoms with Crippen molar-refractivity contribution in [3.63, 3.8) is 0 Å². The number of aliphatic hydroxyl groups excluding tert-OH is 2. The standard InChI is InChI=1S/2C12H20N2O4.Co/c2*1-12(2,3)10(16)8-9(15)11(17)13-14-4-6-18-7-5-14;/h2*8,15H,4-7H2,1-3H3,(H,13,17);/b2*9-8-;. The Balaban J connectivity index is 0.000000682. The second-order valence-electron chi connectivity index (χ2n) is 10.4. The smallest absolute Gasteiger partial charge is 0.300 e. The number of carbonyl (C=O) groups is 4. The minimum absolute atomic E-state index is 0. The number of hydrogen-bond acceptors (Lipinski definition) is 10. The van der Waals surface area contributed by atoms with Crippen molar-refractivity contribution >= 4 is 23.4 Å². The van der Waals surface area contributed by atoms with Crippen molar-refractivity contribution in [3.05, 3.63) is 23.7 Å². The maximum atomic E-state index is 11.6. The van der Waals surface area contributed by atoms with Crippen LogP contribution in [-0.4, -0.2) is 96.2 Å². The molecule has 2 aliphatic rings. The third-order valence-corrected chi connectivity index (χ3v) is 5.02. The predicted molar refractivity (Wildman–Crippen MR) is 131 cm³/mol. The van der Waals surface area contributed by atoms with Crippen LogP contribution in [0.1, 0.15) is 41.5 Å². The molecule has 0 bridgehead atoms. The molecule has 0 aliphatic carbocycles. The molecule has 2 heterocycles. The molecular formula is C24H40CoN4O8. The summed E-state index contributed by atoms with van der Waals surface area (Å²) in [5.74, 6) is -3.07. The summed E-state index contributed by atoms with van der Waals surface area (Å²) in [5.41, 5.74) is 3.80. The molecule has 1 radical (unpaired) electrons. The van der Waals surface area contributed by atoms with Crippen molar-refractivity contribution in [1.29, 1.82) is 0 Å². The molecule has 2 rings (SSSR count). The summed E-state index contributed by atoms with van der Waals surface area (Å²) in [6.45, 7) is 14.7. The minimum Gasteiger partial charge on any atom is -0.503 e. The Morgan fingerprint density at radius 2 is 0.919 bits per heavy atom. The maximum absolute atomic E-state index is 11.6. The number of allylic oxidation sites excluding steroid dienone is 2. The van der Waals surface area contributed by atoms with E-state index in [4.69, 9.17) is 9.47 Å². The van der Waals surface area contributed by atoms with E-state index in [1.54, 1.807) is 51.6 Å². The summed E-state index contributed by atoms with van der Waals surface area (Å²) in [5, 5.41) is 22.4. The second kappa shape index (κ2) is 15.8. The first-order chi connectivity index (χ1) is 16.6. The zero-order valence-corrected chi connectivity index (χ0v) is 23.4. The van der Waals surface area contributed by atoms with E-state index in [1.165, 1.54) is 0 Å². The van der Waals surface area contributed by atoms with Gasteiger partial charge in [0.1, 0.15) is 0 Å². The first-order valence-corrected chi connectivity index (χ1v) is 11.8. The van der Waals surface area contributed by atoms with Crippen molar-refractivity contribution in [3.8, 4) is 0 Å². The fourth-order valence-corrected chi connectivity index (χ4v) is 2.56. The van der Waals surface area contributed by atoms with Crippen LogP contribution in [0.15, 0.2) is 23.7 Å². The molecule has 2 saturated heterocycles. The first-order valence-electron chi connectivity index (χ1n) is 11.8. The van der Waals surface area contributed by atoms with Gasteiger partial charge in [0.2, 0.25) is 0 Å². The van der Waals surface area contributed by atoms with E-state index < -0.39 is 34.2 Å². The monoisotopic (exact) mass is 571 g/mol. The summed E-state index contributed by atoms with van der Waals surface area (Å²) in [6.07, 6.45) is 1.94. The normalized spacial score (nSPS) is 18.0. The molecule has 0 spiro atoms. The van der Waals surface area contributed by atoms with Gasteiger partial charge in [-0.15, -0.1) is 0 Å². The predicted octanol–water partition coefficient (Wildman–Crippen LogP) is 0.811. The molecule has 2 fully saturated rings. The first kappa shape index (κ1) is 34.7. The number of amides is 2. The number of hydrazine groups is 2. The molecule has 0 saturated carbocycles. The molecule has 37 heavy (non-hydrogen) atoms. The van der Waals surface area contributed by atoms with Gasteiger partial charge < -0.3 is 19.7 Å². The fourth-order valence-electron chi connectivity index (χ4n) is 2.56. The summed E-state index contributed by atoms with van der Waals surface area (Å²) in [6, 6.07) is 0. The zero-order valence-electron chi connectivity index (χ0n) is 22.4. The molecule has 0 atom stereocenters. The van der Waals surface area contributed by atoms with Crippen molar-refractivity contribution in [2.24, 2.45) is 10.8 Å². The molecule has 12 nitrogen and oxygen atoms in total. The van der Waals surface area contributed by atoms with Crippen molar-refractivity contribution in [2.75, 3.05) is 52.6 Å². The maximum Gasteiger partial charge on any atom is 0.300 e. The van der Waals surface area contributed by atoms with Crippen LogP contribution in [0.5, 0.6) is 0 Å². The number of nitrogens with zero attached hydrogens (tertiary/aromatic N) is 2. The van der Waals surface area contributed by atoms with Gasteiger partial charge in [-0.3, -0.25) is 30.0 Å². The third kappa shape index (κ3) is 13.7. The average Bonchev–Trinajstić information content (AvgIpc) is 2.79. The van der Waals surface area contributed by atoms with Gasteiger partial charge >= 0.3 is 11.8 Å². The Bertz CT molecular complexity index is 780. The van der Waals surface area contributed by atoms with Crippen LogP contribution in [0.25, 0.3) is 0 Å². The van der Waals surface area contributed by atoms with E-state index in [1.807, 2.05) is 0 Å². The molecule has 2 amide bonds. The van der Waals surface area contributed by atoms with Crippen LogP contribution in [0, 0.1) is 10.8 Å². The molecule has 2 aliphatic heterocycles. The SMILES string of the molecule is CC(C)(C)C(=O)/C=C(\O)C(=O)NN1CCOCC1.CC(C)(C)C(=O)/C=C(\O)C(=O)NN1CCOCC1.[Co]. The number of carbonyl (C=O) groups excluding carboxylic acids is 4. The van der Waals surface area contributed by atoms with E-state index >= 15 is 0 Å². The third-order valence-electron chi connectivity index (χ3n) is 5.02. The van der Waals surface area contributed by atoms with Gasteiger partial charge in [-0.2, -0.15) is 0 Å². The Kier molecular flexibility index (Phi) is 14.9. The second-order valence-corrected chi connectivity index (χ2v) is 10.4. The fraction of sp³-hybridized carbons (Fsp3) is 0.667. The summed E-state index contributed by atoms with van der Waals surface area (Å²) >= 11 is 0. The number of rotatable bonds is 6. The van der Waals surface area contributed by atoms with E-state index in [2.05, 4.69) is 10.9 Å². The van der Waals surface area contributed by atoms with Gasteiger partial charge in [0, 0.05) is 65.9 Å². The summed E-state index contributed by atoms with van der Waals surface area (Å²) in [4.78, 5) is 46.5. The van der Waals surface area contributed by atoms with Gasteiger partial charge in [0.25, 0.3) is 0 Å². The number of morpholine rings is 2. The average molecular weight is 572 g/mol.